The third-order valence-electron chi connectivity index (χ3n) is 6.13. The van der Waals surface area contributed by atoms with Gasteiger partial charge in [-0.05, 0) is 44.9 Å². The van der Waals surface area contributed by atoms with Gasteiger partial charge in [-0.2, -0.15) is 0 Å². The van der Waals surface area contributed by atoms with Crippen molar-refractivity contribution in [3.63, 3.8) is 0 Å². The second-order valence-electron chi connectivity index (χ2n) is 10.3. The Morgan fingerprint density at radius 1 is 0.744 bits per heavy atom. The average Bonchev–Trinajstić information content (AvgIpc) is 2.96. The molecule has 0 aromatic carbocycles. The number of carbonyl (C=O) groups is 2. The summed E-state index contributed by atoms with van der Waals surface area (Å²) in [4.78, 5) is 42.2. The molecule has 0 aromatic heterocycles. The van der Waals surface area contributed by atoms with Gasteiger partial charge in [-0.25, -0.2) is 4.57 Å². The quantitative estimate of drug-likeness (QED) is 0.0277. The first kappa shape index (κ1) is 40.7. The van der Waals surface area contributed by atoms with Gasteiger partial charge in [0.15, 0.2) is 6.10 Å². The van der Waals surface area contributed by atoms with Crippen LogP contribution in [0.5, 0.6) is 0 Å². The van der Waals surface area contributed by atoms with Crippen molar-refractivity contribution in [2.24, 2.45) is 0 Å². The number of esters is 2. The third-order valence-corrected chi connectivity index (χ3v) is 6.62. The zero-order valence-corrected chi connectivity index (χ0v) is 27.1. The minimum Gasteiger partial charge on any atom is -0.462 e. The van der Waals surface area contributed by atoms with Gasteiger partial charge in [0.05, 0.1) is 12.7 Å². The Bertz CT molecular complexity index is 902. The summed E-state index contributed by atoms with van der Waals surface area (Å²) in [5, 5.41) is 9.93. The Labute approximate surface area is 259 Å². The maximum atomic E-state index is 12.2. The van der Waals surface area contributed by atoms with Crippen LogP contribution in [0.25, 0.3) is 0 Å². The Morgan fingerprint density at radius 2 is 1.40 bits per heavy atom. The summed E-state index contributed by atoms with van der Waals surface area (Å²) in [6.45, 7) is 3.34. The molecule has 0 aromatic rings. The Kier molecular flexibility index (Phi) is 27.0. The van der Waals surface area contributed by atoms with E-state index in [9.17, 15) is 19.3 Å². The maximum Gasteiger partial charge on any atom is 0.469 e. The number of hydrogen-bond acceptors (Lipinski definition) is 7. The summed E-state index contributed by atoms with van der Waals surface area (Å²) in [5.41, 5.74) is 0. The van der Waals surface area contributed by atoms with Gasteiger partial charge in [-0.15, -0.1) is 0 Å². The summed E-state index contributed by atoms with van der Waals surface area (Å²) >= 11 is 0. The predicted molar refractivity (Wildman–Crippen MR) is 171 cm³/mol. The molecule has 1 unspecified atom stereocenters. The second-order valence-corrected chi connectivity index (χ2v) is 11.5. The fourth-order valence-electron chi connectivity index (χ4n) is 3.78. The van der Waals surface area contributed by atoms with Crippen LogP contribution in [-0.4, -0.2) is 52.3 Å². The highest BCUT2D eigenvalue weighted by Gasteiger charge is 2.22. The average molecular weight is 627 g/mol. The van der Waals surface area contributed by atoms with Crippen LogP contribution >= 0.6 is 7.82 Å². The van der Waals surface area contributed by atoms with Crippen molar-refractivity contribution in [3.05, 3.63) is 60.8 Å². The zero-order chi connectivity index (χ0) is 32.0. The molecule has 0 aliphatic heterocycles. The minimum atomic E-state index is -4.76. The highest BCUT2D eigenvalue weighted by Crippen LogP contribution is 2.35. The Morgan fingerprint density at radius 3 is 2.12 bits per heavy atom. The highest BCUT2D eigenvalue weighted by molar-refractivity contribution is 7.46. The normalized spacial score (nSPS) is 14.1. The number of carbonyl (C=O) groups excluding carboxylic acids is 2. The third kappa shape index (κ3) is 31.0. The molecule has 2 atom stereocenters. The topological polar surface area (TPSA) is 140 Å². The number of phosphoric ester groups is 1. The fraction of sp³-hybridized carbons (Fsp3) is 0.636. The number of ether oxygens (including phenoxy) is 2. The highest BCUT2D eigenvalue weighted by atomic mass is 31.2. The predicted octanol–water partition coefficient (Wildman–Crippen LogP) is 7.58. The molecular formula is C33H55O9P. The van der Waals surface area contributed by atoms with E-state index >= 15 is 0 Å². The van der Waals surface area contributed by atoms with Crippen molar-refractivity contribution in [1.82, 2.24) is 0 Å². The van der Waals surface area contributed by atoms with Crippen LogP contribution in [0.2, 0.25) is 0 Å². The van der Waals surface area contributed by atoms with E-state index in [4.69, 9.17) is 19.3 Å². The van der Waals surface area contributed by atoms with E-state index in [1.165, 1.54) is 19.3 Å². The molecule has 0 saturated heterocycles. The first-order valence-electron chi connectivity index (χ1n) is 15.7. The number of allylic oxidation sites excluding steroid dienone is 8. The van der Waals surface area contributed by atoms with Gasteiger partial charge in [-0.3, -0.25) is 14.1 Å². The molecule has 0 heterocycles. The molecule has 0 radical (unpaired) electrons. The molecule has 43 heavy (non-hydrogen) atoms. The standard InChI is InChI=1S/C33H55O9P/c1-3-5-7-9-13-19-23-27-33(36)42-31(29-41-43(37,38)39)28-40-32(35)26-22-18-15-12-11-14-17-21-25-30(34)24-20-16-10-8-6-4-2/h6,8,12,14-17,20-21,25,30-31,34H,3-5,7,9-11,13,18-19,22-24,26-29H2,1-2H3,(H2,37,38,39)/b8-6-,15-12-,17-14-,20-16-,25-21+/t30?,31-/m1/s1. The minimum absolute atomic E-state index is 0.155. The van der Waals surface area contributed by atoms with E-state index in [0.29, 0.717) is 25.7 Å². The summed E-state index contributed by atoms with van der Waals surface area (Å²) < 4.78 is 26.0. The molecule has 0 aliphatic rings. The van der Waals surface area contributed by atoms with Gasteiger partial charge >= 0.3 is 19.8 Å². The van der Waals surface area contributed by atoms with E-state index in [-0.39, 0.29) is 19.4 Å². The number of aliphatic hydroxyl groups is 1. The summed E-state index contributed by atoms with van der Waals surface area (Å²) in [6.07, 6.45) is 30.1. The van der Waals surface area contributed by atoms with Crippen LogP contribution < -0.4 is 0 Å². The summed E-state index contributed by atoms with van der Waals surface area (Å²) in [7, 11) is -4.76. The van der Waals surface area contributed by atoms with Crippen molar-refractivity contribution in [2.75, 3.05) is 13.2 Å². The van der Waals surface area contributed by atoms with Gasteiger partial charge in [0.1, 0.15) is 6.61 Å². The van der Waals surface area contributed by atoms with Crippen LogP contribution in [0.1, 0.15) is 110 Å². The maximum absolute atomic E-state index is 12.2. The molecule has 10 heteroatoms. The lowest BCUT2D eigenvalue weighted by Gasteiger charge is -2.18. The lowest BCUT2D eigenvalue weighted by atomic mass is 10.1. The monoisotopic (exact) mass is 626 g/mol. The van der Waals surface area contributed by atoms with E-state index in [1.54, 1.807) is 6.08 Å². The van der Waals surface area contributed by atoms with Gasteiger partial charge in [0.25, 0.3) is 0 Å². The van der Waals surface area contributed by atoms with Crippen molar-refractivity contribution in [2.45, 2.75) is 122 Å². The molecule has 0 amide bonds. The van der Waals surface area contributed by atoms with Gasteiger partial charge < -0.3 is 24.4 Å². The van der Waals surface area contributed by atoms with E-state index in [0.717, 1.165) is 38.5 Å². The van der Waals surface area contributed by atoms with Crippen molar-refractivity contribution < 1.29 is 43.0 Å². The van der Waals surface area contributed by atoms with E-state index in [2.05, 4.69) is 30.5 Å². The van der Waals surface area contributed by atoms with Gasteiger partial charge in [0.2, 0.25) is 0 Å². The van der Waals surface area contributed by atoms with Crippen LogP contribution in [-0.2, 0) is 28.2 Å². The van der Waals surface area contributed by atoms with E-state index < -0.39 is 38.6 Å². The molecule has 0 aliphatic carbocycles. The van der Waals surface area contributed by atoms with Gasteiger partial charge in [0, 0.05) is 12.8 Å². The molecule has 246 valence electrons. The number of phosphoric acid groups is 1. The molecule has 0 saturated carbocycles. The molecular weight excluding hydrogens is 571 g/mol. The van der Waals surface area contributed by atoms with Crippen molar-refractivity contribution in [3.8, 4) is 0 Å². The van der Waals surface area contributed by atoms with Gasteiger partial charge in [-0.1, -0.05) is 113 Å². The molecule has 9 nitrogen and oxygen atoms in total. The fourth-order valence-corrected chi connectivity index (χ4v) is 4.14. The smallest absolute Gasteiger partial charge is 0.462 e. The first-order chi connectivity index (χ1) is 20.7. The molecule has 0 fully saturated rings. The van der Waals surface area contributed by atoms with Crippen molar-refractivity contribution in [1.29, 1.82) is 0 Å². The summed E-state index contributed by atoms with van der Waals surface area (Å²) in [6, 6.07) is 0. The van der Waals surface area contributed by atoms with Crippen LogP contribution in [0.3, 0.4) is 0 Å². The SMILES string of the molecule is CC/C=C\C/C=C\CC(O)/C=C/C=C\C/C=C\CCCC(=O)OC[C@H](COP(=O)(O)O)OC(=O)CCCCCCCCC. The number of unbranched alkanes of at least 4 members (excludes halogenated alkanes) is 7. The Balaban J connectivity index is 4.21. The zero-order valence-electron chi connectivity index (χ0n) is 26.2. The second kappa shape index (κ2) is 28.5. The van der Waals surface area contributed by atoms with Crippen molar-refractivity contribution >= 4 is 19.8 Å². The molecule has 0 bridgehead atoms. The Hall–Kier alpha value is -2.29. The lowest BCUT2D eigenvalue weighted by Crippen LogP contribution is -2.29. The number of rotatable bonds is 27. The molecule has 0 rings (SSSR count). The summed E-state index contributed by atoms with van der Waals surface area (Å²) in [5.74, 6) is -1.01. The lowest BCUT2D eigenvalue weighted by molar-refractivity contribution is -0.161. The first-order valence-corrected chi connectivity index (χ1v) is 17.2. The molecule has 0 spiro atoms. The molecule has 3 N–H and O–H groups in total. The largest absolute Gasteiger partial charge is 0.469 e. The van der Waals surface area contributed by atoms with E-state index in [1.807, 2.05) is 42.5 Å². The van der Waals surface area contributed by atoms with Crippen LogP contribution in [0.15, 0.2) is 60.8 Å². The van der Waals surface area contributed by atoms with Crippen LogP contribution in [0, 0.1) is 0 Å². The number of hydrogen-bond donors (Lipinski definition) is 3. The van der Waals surface area contributed by atoms with Crippen LogP contribution in [0.4, 0.5) is 0 Å². The number of aliphatic hydroxyl groups excluding tert-OH is 1.